The number of halogens is 1. The maximum atomic E-state index is 12.2. The van der Waals surface area contributed by atoms with Gasteiger partial charge in [0.05, 0.1) is 11.9 Å². The molecule has 1 aromatic rings. The molecule has 0 spiro atoms. The van der Waals surface area contributed by atoms with E-state index in [2.05, 4.69) is 26.3 Å². The van der Waals surface area contributed by atoms with Crippen molar-refractivity contribution in [3.8, 4) is 0 Å². The summed E-state index contributed by atoms with van der Waals surface area (Å²) in [6.45, 7) is 1.71. The fourth-order valence-electron chi connectivity index (χ4n) is 2.91. The van der Waals surface area contributed by atoms with Crippen LogP contribution in [0, 0.1) is 11.8 Å². The SMILES string of the molecule is O=c1c(Br)c(NCC2CCCCC2)cnn1CC1CC1. The van der Waals surface area contributed by atoms with Gasteiger partial charge >= 0.3 is 0 Å². The van der Waals surface area contributed by atoms with Gasteiger partial charge in [0.25, 0.3) is 5.56 Å². The van der Waals surface area contributed by atoms with Crippen LogP contribution < -0.4 is 10.9 Å². The van der Waals surface area contributed by atoms with Crippen LogP contribution in [0.4, 0.5) is 5.69 Å². The van der Waals surface area contributed by atoms with Gasteiger partial charge in [0.2, 0.25) is 0 Å². The largest absolute Gasteiger partial charge is 0.382 e. The van der Waals surface area contributed by atoms with Crippen molar-refractivity contribution in [3.63, 3.8) is 0 Å². The number of hydrogen-bond acceptors (Lipinski definition) is 3. The van der Waals surface area contributed by atoms with E-state index in [9.17, 15) is 4.79 Å². The van der Waals surface area contributed by atoms with Crippen molar-refractivity contribution in [2.75, 3.05) is 11.9 Å². The van der Waals surface area contributed by atoms with Crippen molar-refractivity contribution in [2.45, 2.75) is 51.5 Å². The molecule has 0 amide bonds. The van der Waals surface area contributed by atoms with E-state index in [0.29, 0.717) is 10.4 Å². The highest BCUT2D eigenvalue weighted by Crippen LogP contribution is 2.30. The van der Waals surface area contributed by atoms with Crippen molar-refractivity contribution in [3.05, 3.63) is 21.0 Å². The van der Waals surface area contributed by atoms with Crippen molar-refractivity contribution in [1.82, 2.24) is 9.78 Å². The Labute approximate surface area is 128 Å². The summed E-state index contributed by atoms with van der Waals surface area (Å²) in [4.78, 5) is 12.2. The first kappa shape index (κ1) is 14.1. The molecule has 0 radical (unpaired) electrons. The Morgan fingerprint density at radius 3 is 2.65 bits per heavy atom. The Balaban J connectivity index is 1.63. The predicted molar refractivity (Wildman–Crippen MR) is 84.0 cm³/mol. The average Bonchev–Trinajstić information content (AvgIpc) is 3.28. The molecule has 0 bridgehead atoms. The van der Waals surface area contributed by atoms with Crippen molar-refractivity contribution < 1.29 is 0 Å². The number of nitrogens with one attached hydrogen (secondary N) is 1. The van der Waals surface area contributed by atoms with Gasteiger partial charge in [0.1, 0.15) is 4.47 Å². The molecule has 2 aliphatic carbocycles. The van der Waals surface area contributed by atoms with Crippen LogP contribution in [0.25, 0.3) is 0 Å². The molecule has 2 saturated carbocycles. The molecule has 20 heavy (non-hydrogen) atoms. The molecule has 0 aliphatic heterocycles. The topological polar surface area (TPSA) is 46.9 Å². The van der Waals surface area contributed by atoms with Gasteiger partial charge in [-0.15, -0.1) is 0 Å². The zero-order valence-electron chi connectivity index (χ0n) is 11.8. The van der Waals surface area contributed by atoms with Crippen LogP contribution in [0.5, 0.6) is 0 Å². The maximum Gasteiger partial charge on any atom is 0.283 e. The molecule has 110 valence electrons. The quantitative estimate of drug-likeness (QED) is 0.894. The molecule has 1 heterocycles. The zero-order chi connectivity index (χ0) is 13.9. The average molecular weight is 340 g/mol. The number of nitrogens with zero attached hydrogens (tertiary/aromatic N) is 2. The molecule has 1 N–H and O–H groups in total. The lowest BCUT2D eigenvalue weighted by molar-refractivity contribution is 0.373. The second kappa shape index (κ2) is 6.29. The molecule has 0 unspecified atom stereocenters. The van der Waals surface area contributed by atoms with E-state index in [1.54, 1.807) is 10.9 Å². The monoisotopic (exact) mass is 339 g/mol. The molecule has 2 aliphatic rings. The highest BCUT2D eigenvalue weighted by Gasteiger charge is 2.23. The zero-order valence-corrected chi connectivity index (χ0v) is 13.4. The molecular weight excluding hydrogens is 318 g/mol. The van der Waals surface area contributed by atoms with Crippen LogP contribution in [0.3, 0.4) is 0 Å². The molecule has 0 atom stereocenters. The fraction of sp³-hybridized carbons (Fsp3) is 0.733. The highest BCUT2D eigenvalue weighted by molar-refractivity contribution is 9.10. The first-order valence-electron chi connectivity index (χ1n) is 7.73. The summed E-state index contributed by atoms with van der Waals surface area (Å²) in [7, 11) is 0. The number of aromatic nitrogens is 2. The van der Waals surface area contributed by atoms with Gasteiger partial charge in [-0.1, -0.05) is 19.3 Å². The Morgan fingerprint density at radius 2 is 1.95 bits per heavy atom. The lowest BCUT2D eigenvalue weighted by atomic mass is 9.89. The minimum atomic E-state index is -0.00876. The van der Waals surface area contributed by atoms with Gasteiger partial charge in [-0.3, -0.25) is 4.79 Å². The standard InChI is InChI=1S/C15H22BrN3O/c16-14-13(17-8-11-4-2-1-3-5-11)9-18-19(15(14)20)10-12-6-7-12/h9,11-12,17H,1-8,10H2. The third kappa shape index (κ3) is 3.43. The van der Waals surface area contributed by atoms with E-state index in [1.807, 2.05) is 0 Å². The van der Waals surface area contributed by atoms with Crippen LogP contribution in [0.2, 0.25) is 0 Å². The molecule has 1 aromatic heterocycles. The summed E-state index contributed by atoms with van der Waals surface area (Å²) in [6.07, 6.45) is 10.9. The first-order chi connectivity index (χ1) is 9.74. The summed E-state index contributed by atoms with van der Waals surface area (Å²) in [5.41, 5.74) is 0.832. The second-order valence-corrected chi connectivity index (χ2v) is 6.98. The molecular formula is C15H22BrN3O. The van der Waals surface area contributed by atoms with E-state index in [1.165, 1.54) is 44.9 Å². The van der Waals surface area contributed by atoms with Crippen molar-refractivity contribution >= 4 is 21.6 Å². The Bertz CT molecular complexity index is 518. The van der Waals surface area contributed by atoms with Crippen molar-refractivity contribution in [1.29, 1.82) is 0 Å². The maximum absolute atomic E-state index is 12.2. The first-order valence-corrected chi connectivity index (χ1v) is 8.53. The Kier molecular flexibility index (Phi) is 4.44. The van der Waals surface area contributed by atoms with Crippen molar-refractivity contribution in [2.24, 2.45) is 11.8 Å². The summed E-state index contributed by atoms with van der Waals surface area (Å²) < 4.78 is 2.22. The molecule has 5 heteroatoms. The smallest absolute Gasteiger partial charge is 0.283 e. The van der Waals surface area contributed by atoms with Crippen LogP contribution in [-0.2, 0) is 6.54 Å². The van der Waals surface area contributed by atoms with E-state index in [-0.39, 0.29) is 5.56 Å². The minimum Gasteiger partial charge on any atom is -0.382 e. The molecule has 0 aromatic carbocycles. The summed E-state index contributed by atoms with van der Waals surface area (Å²) in [5.74, 6) is 1.40. The van der Waals surface area contributed by atoms with Gasteiger partial charge in [-0.2, -0.15) is 5.10 Å². The summed E-state index contributed by atoms with van der Waals surface area (Å²) in [6, 6.07) is 0. The molecule has 2 fully saturated rings. The third-order valence-electron chi connectivity index (χ3n) is 4.42. The number of hydrogen-bond donors (Lipinski definition) is 1. The van der Waals surface area contributed by atoms with E-state index in [0.717, 1.165) is 24.7 Å². The van der Waals surface area contributed by atoms with Crippen LogP contribution >= 0.6 is 15.9 Å². The minimum absolute atomic E-state index is 0.00876. The predicted octanol–water partition coefficient (Wildman–Crippen LogP) is 3.41. The Morgan fingerprint density at radius 1 is 1.20 bits per heavy atom. The van der Waals surface area contributed by atoms with Gasteiger partial charge in [0.15, 0.2) is 0 Å². The summed E-state index contributed by atoms with van der Waals surface area (Å²) >= 11 is 3.43. The lowest BCUT2D eigenvalue weighted by Gasteiger charge is -2.22. The van der Waals surface area contributed by atoms with E-state index < -0.39 is 0 Å². The van der Waals surface area contributed by atoms with Gasteiger partial charge < -0.3 is 5.32 Å². The highest BCUT2D eigenvalue weighted by atomic mass is 79.9. The lowest BCUT2D eigenvalue weighted by Crippen LogP contribution is -2.26. The van der Waals surface area contributed by atoms with Crippen LogP contribution in [0.1, 0.15) is 44.9 Å². The normalized spacial score (nSPS) is 20.1. The van der Waals surface area contributed by atoms with E-state index in [4.69, 9.17) is 0 Å². The van der Waals surface area contributed by atoms with E-state index >= 15 is 0 Å². The second-order valence-electron chi connectivity index (χ2n) is 6.19. The Hall–Kier alpha value is -0.840. The van der Waals surface area contributed by atoms with Gasteiger partial charge in [-0.05, 0) is 53.4 Å². The van der Waals surface area contributed by atoms with Crippen LogP contribution in [0.15, 0.2) is 15.5 Å². The fourth-order valence-corrected chi connectivity index (χ4v) is 3.36. The molecule has 0 saturated heterocycles. The number of anilines is 1. The molecule has 3 rings (SSSR count). The van der Waals surface area contributed by atoms with Gasteiger partial charge in [0, 0.05) is 13.1 Å². The number of rotatable bonds is 5. The third-order valence-corrected chi connectivity index (χ3v) is 5.19. The molecule has 4 nitrogen and oxygen atoms in total. The summed E-state index contributed by atoms with van der Waals surface area (Å²) in [5, 5.41) is 7.69. The van der Waals surface area contributed by atoms with Gasteiger partial charge in [-0.25, -0.2) is 4.68 Å². The van der Waals surface area contributed by atoms with Crippen LogP contribution in [-0.4, -0.2) is 16.3 Å².